The topological polar surface area (TPSA) is 68.2 Å². The molecule has 3 aliphatic heterocycles. The zero-order valence-electron chi connectivity index (χ0n) is 21.4. The molecule has 0 aliphatic carbocycles. The van der Waals surface area contributed by atoms with Crippen LogP contribution in [-0.4, -0.2) is 22.4 Å². The summed E-state index contributed by atoms with van der Waals surface area (Å²) < 4.78 is 19.1. The lowest BCUT2D eigenvalue weighted by molar-refractivity contribution is 0.138. The molecule has 0 unspecified atom stereocenters. The number of hydrogen-bond acceptors (Lipinski definition) is 5. The molecule has 3 aliphatic rings. The summed E-state index contributed by atoms with van der Waals surface area (Å²) in [7, 11) is 0. The van der Waals surface area contributed by atoms with Gasteiger partial charge in [0.1, 0.15) is 29.0 Å². The number of rotatable bonds is 4. The smallest absolute Gasteiger partial charge is 0.170 e. The first kappa shape index (κ1) is 23.4. The molecule has 0 saturated carbocycles. The first-order valence-electron chi connectivity index (χ1n) is 12.3. The fourth-order valence-electron chi connectivity index (χ4n) is 5.08. The van der Waals surface area contributed by atoms with Gasteiger partial charge in [-0.05, 0) is 72.1 Å². The van der Waals surface area contributed by atoms with Gasteiger partial charge in [0.15, 0.2) is 11.5 Å². The Morgan fingerprint density at radius 2 is 1.74 bits per heavy atom. The van der Waals surface area contributed by atoms with Crippen molar-refractivity contribution in [2.24, 2.45) is 0 Å². The monoisotopic (exact) mass is 474 g/mol. The van der Waals surface area contributed by atoms with Gasteiger partial charge in [-0.2, -0.15) is 0 Å². The lowest BCUT2D eigenvalue weighted by Gasteiger charge is -2.31. The molecule has 2 aromatic rings. The minimum Gasteiger partial charge on any atom is -0.508 e. The molecule has 0 saturated heterocycles. The van der Waals surface area contributed by atoms with Crippen molar-refractivity contribution >= 4 is 6.08 Å². The summed E-state index contributed by atoms with van der Waals surface area (Å²) >= 11 is 0. The molecule has 0 bridgehead atoms. The van der Waals surface area contributed by atoms with E-state index in [0.29, 0.717) is 30.9 Å². The van der Waals surface area contributed by atoms with Gasteiger partial charge < -0.3 is 24.4 Å². The highest BCUT2D eigenvalue weighted by Gasteiger charge is 2.46. The molecule has 0 radical (unpaired) electrons. The molecule has 0 amide bonds. The minimum absolute atomic E-state index is 0.0485. The van der Waals surface area contributed by atoms with Gasteiger partial charge in [0.2, 0.25) is 0 Å². The van der Waals surface area contributed by atoms with Crippen molar-refractivity contribution in [2.75, 3.05) is 6.61 Å². The van der Waals surface area contributed by atoms with Gasteiger partial charge in [-0.3, -0.25) is 0 Å². The zero-order valence-corrected chi connectivity index (χ0v) is 21.4. The molecule has 5 heteroatoms. The minimum atomic E-state index is -0.515. The molecular weight excluding hydrogens is 440 g/mol. The van der Waals surface area contributed by atoms with Crippen LogP contribution in [0.2, 0.25) is 0 Å². The number of hydrogen-bond donors (Lipinski definition) is 2. The molecule has 2 N–H and O–H groups in total. The van der Waals surface area contributed by atoms with Crippen molar-refractivity contribution in [1.82, 2.24) is 0 Å². The maximum absolute atomic E-state index is 11.3. The molecule has 2 atom stereocenters. The van der Waals surface area contributed by atoms with E-state index in [1.54, 1.807) is 6.07 Å². The van der Waals surface area contributed by atoms with Crippen LogP contribution in [0, 0.1) is 0 Å². The predicted molar refractivity (Wildman–Crippen MR) is 138 cm³/mol. The number of fused-ring (bicyclic) bond motifs is 7. The lowest BCUT2D eigenvalue weighted by atomic mass is 9.83. The van der Waals surface area contributed by atoms with Crippen LogP contribution < -0.4 is 14.2 Å². The second-order valence-electron chi connectivity index (χ2n) is 10.8. The Balaban J connectivity index is 1.65. The van der Waals surface area contributed by atoms with Crippen LogP contribution in [0.1, 0.15) is 81.4 Å². The fraction of sp³-hybridized carbons (Fsp3) is 0.400. The molecule has 0 aromatic heterocycles. The zero-order chi connectivity index (χ0) is 25.1. The maximum atomic E-state index is 11.3. The summed E-state index contributed by atoms with van der Waals surface area (Å²) in [6, 6.07) is 3.71. The Morgan fingerprint density at radius 3 is 2.46 bits per heavy atom. The summed E-state index contributed by atoms with van der Waals surface area (Å²) in [5.74, 6) is 2.20. The van der Waals surface area contributed by atoms with E-state index in [9.17, 15) is 10.2 Å². The average Bonchev–Trinajstić information content (AvgIpc) is 3.16. The quantitative estimate of drug-likeness (QED) is 0.471. The summed E-state index contributed by atoms with van der Waals surface area (Å²) in [5, 5.41) is 21.9. The molecule has 3 heterocycles. The normalized spacial score (nSPS) is 20.3. The van der Waals surface area contributed by atoms with Crippen molar-refractivity contribution in [3.63, 3.8) is 0 Å². The van der Waals surface area contributed by atoms with Gasteiger partial charge in [0.05, 0.1) is 12.5 Å². The van der Waals surface area contributed by atoms with Gasteiger partial charge in [-0.1, -0.05) is 29.4 Å². The number of phenolic OH excluding ortho intramolecular Hbond substituents is 2. The van der Waals surface area contributed by atoms with Gasteiger partial charge in [-0.15, -0.1) is 0 Å². The lowest BCUT2D eigenvalue weighted by Crippen LogP contribution is -2.28. The summed E-state index contributed by atoms with van der Waals surface area (Å²) in [5.41, 5.74) is 6.24. The van der Waals surface area contributed by atoms with Crippen LogP contribution in [0.4, 0.5) is 0 Å². The van der Waals surface area contributed by atoms with Crippen molar-refractivity contribution in [2.45, 2.75) is 72.0 Å². The molecule has 5 rings (SSSR count). The van der Waals surface area contributed by atoms with Crippen molar-refractivity contribution in [3.8, 4) is 28.7 Å². The summed E-state index contributed by atoms with van der Waals surface area (Å²) in [4.78, 5) is 0. The second-order valence-corrected chi connectivity index (χ2v) is 10.8. The Labute approximate surface area is 207 Å². The van der Waals surface area contributed by atoms with E-state index < -0.39 is 5.60 Å². The molecule has 5 nitrogen and oxygen atoms in total. The third-order valence-electron chi connectivity index (χ3n) is 6.93. The summed E-state index contributed by atoms with van der Waals surface area (Å²) in [6.45, 7) is 12.6. The number of benzene rings is 2. The Bertz CT molecular complexity index is 1290. The van der Waals surface area contributed by atoms with E-state index in [4.69, 9.17) is 14.2 Å². The highest BCUT2D eigenvalue weighted by molar-refractivity contribution is 5.77. The van der Waals surface area contributed by atoms with Crippen LogP contribution in [0.3, 0.4) is 0 Å². The highest BCUT2D eigenvalue weighted by atomic mass is 16.5. The second kappa shape index (κ2) is 8.40. The molecule has 0 fully saturated rings. The van der Waals surface area contributed by atoms with Crippen molar-refractivity contribution in [3.05, 3.63) is 69.3 Å². The highest BCUT2D eigenvalue weighted by Crippen LogP contribution is 2.59. The summed E-state index contributed by atoms with van der Waals surface area (Å²) in [6.07, 6.45) is 9.18. The van der Waals surface area contributed by atoms with E-state index in [0.717, 1.165) is 33.6 Å². The van der Waals surface area contributed by atoms with Crippen LogP contribution >= 0.6 is 0 Å². The van der Waals surface area contributed by atoms with Gasteiger partial charge in [-0.25, -0.2) is 0 Å². The van der Waals surface area contributed by atoms with E-state index in [-0.39, 0.29) is 23.5 Å². The Hall–Kier alpha value is -3.34. The third-order valence-corrected chi connectivity index (χ3v) is 6.93. The standard InChI is InChI=1S/C30H34O5/c1-16(2)7-9-18-13-21-24(14-23(18)31)33-15-22-25-19-11-12-30(5,6)35-29(19)26(32)20(10-8-17(3)4)28(25)34-27(21)22/h7-8,11-14,22,27,31-32H,9-10,15H2,1-6H3/t22-,27-/m0/s1. The van der Waals surface area contributed by atoms with Crippen LogP contribution in [-0.2, 0) is 12.8 Å². The fourth-order valence-corrected chi connectivity index (χ4v) is 5.08. The number of ether oxygens (including phenoxy) is 3. The van der Waals surface area contributed by atoms with Crippen LogP contribution in [0.25, 0.3) is 6.08 Å². The largest absolute Gasteiger partial charge is 0.508 e. The predicted octanol–water partition coefficient (Wildman–Crippen LogP) is 6.91. The van der Waals surface area contributed by atoms with Crippen LogP contribution in [0.5, 0.6) is 28.7 Å². The number of aromatic hydroxyl groups is 2. The average molecular weight is 475 g/mol. The van der Waals surface area contributed by atoms with E-state index >= 15 is 0 Å². The van der Waals surface area contributed by atoms with Crippen molar-refractivity contribution in [1.29, 1.82) is 0 Å². The molecule has 0 spiro atoms. The van der Waals surface area contributed by atoms with E-state index in [1.165, 1.54) is 11.1 Å². The molecular formula is C30H34O5. The van der Waals surface area contributed by atoms with Crippen LogP contribution in [0.15, 0.2) is 41.5 Å². The molecule has 35 heavy (non-hydrogen) atoms. The SMILES string of the molecule is CC(C)=CCc1cc2c(cc1O)OC[C@H]1c3c4c(c(O)c(CC=C(C)C)c3O[C@@H]21)OC(C)(C)C=C4. The third kappa shape index (κ3) is 4.07. The Kier molecular flexibility index (Phi) is 5.62. The first-order valence-corrected chi connectivity index (χ1v) is 12.3. The van der Waals surface area contributed by atoms with E-state index in [2.05, 4.69) is 12.2 Å². The first-order chi connectivity index (χ1) is 16.6. The van der Waals surface area contributed by atoms with Gasteiger partial charge in [0, 0.05) is 28.3 Å². The van der Waals surface area contributed by atoms with Gasteiger partial charge >= 0.3 is 0 Å². The molecule has 184 valence electrons. The number of allylic oxidation sites excluding steroid dienone is 4. The maximum Gasteiger partial charge on any atom is 0.170 e. The Morgan fingerprint density at radius 1 is 1.03 bits per heavy atom. The molecule has 2 aromatic carbocycles. The van der Waals surface area contributed by atoms with Crippen molar-refractivity contribution < 1.29 is 24.4 Å². The number of phenols is 2. The van der Waals surface area contributed by atoms with E-state index in [1.807, 2.05) is 59.8 Å². The van der Waals surface area contributed by atoms with Gasteiger partial charge in [0.25, 0.3) is 0 Å².